The molecular weight excluding hydrogens is 831 g/mol. The van der Waals surface area contributed by atoms with E-state index in [2.05, 4.69) is 278 Å². The zero-order valence-electron chi connectivity index (χ0n) is 37.9. The van der Waals surface area contributed by atoms with Gasteiger partial charge in [-0.2, -0.15) is 0 Å². The highest BCUT2D eigenvalue weighted by atomic mass is 15.1. The average Bonchev–Trinajstić information content (AvgIpc) is 3.43. The van der Waals surface area contributed by atoms with Gasteiger partial charge in [-0.05, 0) is 129 Å². The summed E-state index contributed by atoms with van der Waals surface area (Å²) in [5.74, 6) is 0. The lowest BCUT2D eigenvalue weighted by Gasteiger charge is -2.30. The van der Waals surface area contributed by atoms with Gasteiger partial charge in [-0.3, -0.25) is 0 Å². The molecule has 0 atom stereocenters. The Morgan fingerprint density at radius 1 is 0.203 bits per heavy atom. The van der Waals surface area contributed by atoms with E-state index in [1.807, 2.05) is 0 Å². The number of para-hydroxylation sites is 1. The molecule has 0 aliphatic rings. The van der Waals surface area contributed by atoms with Crippen molar-refractivity contribution in [1.29, 1.82) is 0 Å². The minimum Gasteiger partial charge on any atom is -0.309 e. The van der Waals surface area contributed by atoms with Gasteiger partial charge in [-0.15, -0.1) is 0 Å². The SMILES string of the molecule is c1ccc(-c2ccc(N(c3ccc(-c4cccc5c4ccc4ccccc45)cc3)c3ccccc3-c3ccc4c(c3)c(-c3ccccc3)c(-c3ccccc3)c3ccccc34)c3ccccc23)cc1. The first-order chi connectivity index (χ1) is 34.3. The molecule has 0 aliphatic heterocycles. The summed E-state index contributed by atoms with van der Waals surface area (Å²) in [4.78, 5) is 2.48. The number of hydrogen-bond donors (Lipinski definition) is 0. The van der Waals surface area contributed by atoms with Gasteiger partial charge < -0.3 is 4.90 Å². The number of rotatable bonds is 8. The Balaban J connectivity index is 1.04. The van der Waals surface area contributed by atoms with Crippen LogP contribution < -0.4 is 4.90 Å². The normalized spacial score (nSPS) is 11.5. The number of hydrogen-bond acceptors (Lipinski definition) is 1. The lowest BCUT2D eigenvalue weighted by atomic mass is 9.84. The molecule has 13 aromatic rings. The molecule has 0 radical (unpaired) electrons. The molecule has 0 aromatic heterocycles. The van der Waals surface area contributed by atoms with Gasteiger partial charge in [-0.25, -0.2) is 0 Å². The molecule has 0 N–H and O–H groups in total. The molecule has 0 aliphatic carbocycles. The lowest BCUT2D eigenvalue weighted by Crippen LogP contribution is -2.12. The Morgan fingerprint density at radius 3 is 1.41 bits per heavy atom. The highest BCUT2D eigenvalue weighted by molar-refractivity contribution is 6.22. The molecule has 0 bridgehead atoms. The number of benzene rings is 13. The van der Waals surface area contributed by atoms with Gasteiger partial charge in [0.25, 0.3) is 0 Å². The van der Waals surface area contributed by atoms with Gasteiger partial charge >= 0.3 is 0 Å². The maximum Gasteiger partial charge on any atom is 0.0540 e. The second-order valence-corrected chi connectivity index (χ2v) is 17.9. The minimum atomic E-state index is 1.08. The third-order valence-corrected chi connectivity index (χ3v) is 14.1. The van der Waals surface area contributed by atoms with Crippen molar-refractivity contribution in [3.8, 4) is 55.6 Å². The Hall–Kier alpha value is -9.04. The third kappa shape index (κ3) is 6.95. The number of fused-ring (bicyclic) bond motifs is 7. The molecular formula is C68H45N. The first-order valence-corrected chi connectivity index (χ1v) is 23.8. The van der Waals surface area contributed by atoms with Crippen LogP contribution >= 0.6 is 0 Å². The zero-order chi connectivity index (χ0) is 45.7. The second kappa shape index (κ2) is 17.0. The first-order valence-electron chi connectivity index (χ1n) is 23.8. The van der Waals surface area contributed by atoms with Crippen LogP contribution in [-0.2, 0) is 0 Å². The second-order valence-electron chi connectivity index (χ2n) is 17.9. The quantitative estimate of drug-likeness (QED) is 0.138. The van der Waals surface area contributed by atoms with E-state index in [-0.39, 0.29) is 0 Å². The van der Waals surface area contributed by atoms with E-state index < -0.39 is 0 Å². The Kier molecular flexibility index (Phi) is 9.91. The molecule has 0 amide bonds. The van der Waals surface area contributed by atoms with Crippen LogP contribution in [0.15, 0.2) is 273 Å². The summed E-state index contributed by atoms with van der Waals surface area (Å²) in [6, 6.07) is 100. The molecule has 0 saturated heterocycles. The van der Waals surface area contributed by atoms with Gasteiger partial charge in [0, 0.05) is 16.6 Å². The van der Waals surface area contributed by atoms with Crippen LogP contribution in [0, 0.1) is 0 Å². The van der Waals surface area contributed by atoms with Crippen molar-refractivity contribution in [2.45, 2.75) is 0 Å². The smallest absolute Gasteiger partial charge is 0.0540 e. The molecule has 0 fully saturated rings. The minimum absolute atomic E-state index is 1.08. The first kappa shape index (κ1) is 40.3. The summed E-state index contributed by atoms with van der Waals surface area (Å²) in [6.07, 6.45) is 0. The Bertz CT molecular complexity index is 4040. The Labute approximate surface area is 402 Å². The molecule has 13 rings (SSSR count). The Morgan fingerprint density at radius 2 is 0.667 bits per heavy atom. The fourth-order valence-corrected chi connectivity index (χ4v) is 10.9. The topological polar surface area (TPSA) is 3.24 Å². The van der Waals surface area contributed by atoms with Crippen LogP contribution in [0.2, 0.25) is 0 Å². The van der Waals surface area contributed by atoms with Crippen molar-refractivity contribution in [2.75, 3.05) is 4.90 Å². The molecule has 1 heteroatoms. The predicted octanol–water partition coefficient (Wildman–Crippen LogP) is 19.3. The van der Waals surface area contributed by atoms with Crippen molar-refractivity contribution in [3.05, 3.63) is 273 Å². The largest absolute Gasteiger partial charge is 0.309 e. The van der Waals surface area contributed by atoms with E-state index in [0.717, 1.165) is 28.2 Å². The van der Waals surface area contributed by atoms with Gasteiger partial charge in [0.15, 0.2) is 0 Å². The summed E-state index contributed by atoms with van der Waals surface area (Å²) in [5.41, 5.74) is 15.3. The van der Waals surface area contributed by atoms with Crippen LogP contribution in [0.5, 0.6) is 0 Å². The van der Waals surface area contributed by atoms with Crippen molar-refractivity contribution < 1.29 is 0 Å². The summed E-state index contributed by atoms with van der Waals surface area (Å²) < 4.78 is 0. The van der Waals surface area contributed by atoms with Gasteiger partial charge in [0.1, 0.15) is 0 Å². The van der Waals surface area contributed by atoms with Gasteiger partial charge in [0.05, 0.1) is 11.4 Å². The van der Waals surface area contributed by atoms with Crippen LogP contribution in [0.1, 0.15) is 0 Å². The highest BCUT2D eigenvalue weighted by Crippen LogP contribution is 2.49. The van der Waals surface area contributed by atoms with Crippen molar-refractivity contribution in [3.63, 3.8) is 0 Å². The maximum absolute atomic E-state index is 2.48. The number of nitrogens with zero attached hydrogens (tertiary/aromatic N) is 1. The van der Waals surface area contributed by atoms with Crippen LogP contribution in [0.4, 0.5) is 17.1 Å². The summed E-state index contributed by atoms with van der Waals surface area (Å²) >= 11 is 0. The van der Waals surface area contributed by atoms with Crippen molar-refractivity contribution in [2.24, 2.45) is 0 Å². The molecule has 0 spiro atoms. The predicted molar refractivity (Wildman–Crippen MR) is 296 cm³/mol. The number of anilines is 3. The fraction of sp³-hybridized carbons (Fsp3) is 0. The zero-order valence-corrected chi connectivity index (χ0v) is 37.9. The monoisotopic (exact) mass is 875 g/mol. The van der Waals surface area contributed by atoms with Crippen LogP contribution in [0.25, 0.3) is 109 Å². The van der Waals surface area contributed by atoms with Gasteiger partial charge in [0.2, 0.25) is 0 Å². The van der Waals surface area contributed by atoms with Crippen LogP contribution in [0.3, 0.4) is 0 Å². The molecule has 1 nitrogen and oxygen atoms in total. The highest BCUT2D eigenvalue weighted by Gasteiger charge is 2.23. The summed E-state index contributed by atoms with van der Waals surface area (Å²) in [5, 5.41) is 12.4. The van der Waals surface area contributed by atoms with Crippen molar-refractivity contribution >= 4 is 70.9 Å². The lowest BCUT2D eigenvalue weighted by molar-refractivity contribution is 1.30. The van der Waals surface area contributed by atoms with E-state index in [9.17, 15) is 0 Å². The average molecular weight is 876 g/mol. The van der Waals surface area contributed by atoms with Crippen LogP contribution in [-0.4, -0.2) is 0 Å². The molecule has 13 aromatic carbocycles. The molecule has 0 saturated carbocycles. The molecule has 69 heavy (non-hydrogen) atoms. The summed E-state index contributed by atoms with van der Waals surface area (Å²) in [6.45, 7) is 0. The molecule has 0 heterocycles. The van der Waals surface area contributed by atoms with E-state index >= 15 is 0 Å². The third-order valence-electron chi connectivity index (χ3n) is 14.1. The van der Waals surface area contributed by atoms with E-state index in [1.165, 1.54) is 98.4 Å². The van der Waals surface area contributed by atoms with E-state index in [1.54, 1.807) is 0 Å². The standard InChI is InChI=1S/C68H45N/c1-4-19-46(20-5-1)55-43-44-66(62-30-14-12-28-58(55)62)69(52-39-35-48(36-40-52)54-32-18-33-57-53-26-11-10-21-47(53)37-41-60(54)57)65-34-17-16-27-56(65)51-38-42-61-59-29-13-15-31-63(59)67(49-22-6-2-7-23-49)68(64(61)45-51)50-24-8-3-9-25-50/h1-45H. The maximum atomic E-state index is 2.48. The molecule has 322 valence electrons. The van der Waals surface area contributed by atoms with E-state index in [4.69, 9.17) is 0 Å². The molecule has 0 unspecified atom stereocenters. The van der Waals surface area contributed by atoms with Gasteiger partial charge in [-0.1, -0.05) is 243 Å². The van der Waals surface area contributed by atoms with E-state index in [0.29, 0.717) is 0 Å². The summed E-state index contributed by atoms with van der Waals surface area (Å²) in [7, 11) is 0. The fourth-order valence-electron chi connectivity index (χ4n) is 10.9. The van der Waals surface area contributed by atoms with Crippen molar-refractivity contribution in [1.82, 2.24) is 0 Å².